The molecular weight excluding hydrogens is 435 g/mol. The Morgan fingerprint density at radius 2 is 1.88 bits per heavy atom. The van der Waals surface area contributed by atoms with Crippen LogP contribution in [0.15, 0.2) is 77.5 Å². The molecule has 0 atom stereocenters. The van der Waals surface area contributed by atoms with E-state index >= 15 is 0 Å². The van der Waals surface area contributed by atoms with Crippen LogP contribution in [0.25, 0.3) is 5.69 Å². The summed E-state index contributed by atoms with van der Waals surface area (Å²) in [6.07, 6.45) is -2.31. The van der Waals surface area contributed by atoms with E-state index < -0.39 is 23.3 Å². The second-order valence-corrected chi connectivity index (χ2v) is 7.38. The van der Waals surface area contributed by atoms with Gasteiger partial charge < -0.3 is 14.5 Å². The number of furan rings is 1. The fraction of sp³-hybridized carbons (Fsp3) is 0.167. The first-order chi connectivity index (χ1) is 15.8. The monoisotopic (exact) mass is 455 g/mol. The Morgan fingerprint density at radius 1 is 1.09 bits per heavy atom. The highest BCUT2D eigenvalue weighted by molar-refractivity contribution is 6.05. The Hall–Kier alpha value is -3.85. The number of anilines is 1. The summed E-state index contributed by atoms with van der Waals surface area (Å²) >= 11 is 0. The quantitative estimate of drug-likeness (QED) is 0.385. The molecule has 0 aliphatic rings. The van der Waals surface area contributed by atoms with Gasteiger partial charge in [0.25, 0.3) is 5.91 Å². The number of carbonyl (C=O) groups is 1. The number of nitrogens with zero attached hydrogens (tertiary/aromatic N) is 2. The first kappa shape index (κ1) is 22.3. The van der Waals surface area contributed by atoms with Crippen molar-refractivity contribution in [3.8, 4) is 5.69 Å². The molecule has 33 heavy (non-hydrogen) atoms. The number of ether oxygens (including phenoxy) is 1. The molecule has 0 saturated heterocycles. The molecule has 2 aromatic heterocycles. The lowest BCUT2D eigenvalue weighted by atomic mass is 10.1. The van der Waals surface area contributed by atoms with Crippen molar-refractivity contribution in [1.29, 1.82) is 0 Å². The third-order valence-electron chi connectivity index (χ3n) is 4.84. The number of alkyl halides is 3. The van der Waals surface area contributed by atoms with E-state index in [1.807, 2.05) is 6.92 Å². The number of aromatic nitrogens is 2. The first-order valence-electron chi connectivity index (χ1n) is 10.0. The summed E-state index contributed by atoms with van der Waals surface area (Å²) in [4.78, 5) is 12.8. The zero-order chi connectivity index (χ0) is 23.4. The number of nitrogens with one attached hydrogen (secondary N) is 1. The average molecular weight is 455 g/mol. The summed E-state index contributed by atoms with van der Waals surface area (Å²) in [6, 6.07) is 16.6. The van der Waals surface area contributed by atoms with Gasteiger partial charge in [0.15, 0.2) is 5.69 Å². The van der Waals surface area contributed by atoms with Gasteiger partial charge >= 0.3 is 6.18 Å². The number of hydrogen-bond donors (Lipinski definition) is 1. The predicted molar refractivity (Wildman–Crippen MR) is 115 cm³/mol. The number of rotatable bonds is 7. The van der Waals surface area contributed by atoms with E-state index in [2.05, 4.69) is 10.4 Å². The van der Waals surface area contributed by atoms with Crippen LogP contribution < -0.4 is 5.32 Å². The van der Waals surface area contributed by atoms with E-state index in [9.17, 15) is 18.0 Å². The summed E-state index contributed by atoms with van der Waals surface area (Å²) in [5.41, 5.74) is 0.485. The maximum Gasteiger partial charge on any atom is 0.434 e. The highest BCUT2D eigenvalue weighted by Gasteiger charge is 2.40. The molecule has 2 heterocycles. The molecule has 0 aliphatic heterocycles. The molecule has 0 unspecified atom stereocenters. The molecule has 4 aromatic rings. The smallest absolute Gasteiger partial charge is 0.434 e. The first-order valence-corrected chi connectivity index (χ1v) is 10.0. The minimum atomic E-state index is -4.78. The van der Waals surface area contributed by atoms with E-state index in [1.165, 1.54) is 12.1 Å². The largest absolute Gasteiger partial charge is 0.467 e. The van der Waals surface area contributed by atoms with Crippen molar-refractivity contribution in [3.05, 3.63) is 101 Å². The number of benzene rings is 2. The standard InChI is InChI=1S/C24H20F3N3O3/c1-16-7-9-19(10-8-16)30-22(24(25,26)27)21(13-28-30)23(31)29-18-5-2-4-17(12-18)14-32-15-20-6-3-11-33-20/h2-13H,14-15H2,1H3,(H,29,31). The van der Waals surface area contributed by atoms with Gasteiger partial charge in [-0.05, 0) is 48.9 Å². The summed E-state index contributed by atoms with van der Waals surface area (Å²) in [5, 5.41) is 6.36. The van der Waals surface area contributed by atoms with Crippen LogP contribution in [0.1, 0.15) is 32.9 Å². The fourth-order valence-corrected chi connectivity index (χ4v) is 3.27. The van der Waals surface area contributed by atoms with Crippen molar-refractivity contribution in [1.82, 2.24) is 9.78 Å². The molecule has 6 nitrogen and oxygen atoms in total. The molecule has 170 valence electrons. The Kier molecular flexibility index (Phi) is 6.32. The summed E-state index contributed by atoms with van der Waals surface area (Å²) in [6.45, 7) is 2.34. The van der Waals surface area contributed by atoms with Crippen LogP contribution in [0, 0.1) is 6.92 Å². The Balaban J connectivity index is 1.52. The van der Waals surface area contributed by atoms with Gasteiger partial charge in [-0.3, -0.25) is 4.79 Å². The number of carbonyl (C=O) groups excluding carboxylic acids is 1. The summed E-state index contributed by atoms with van der Waals surface area (Å²) < 4.78 is 53.1. The summed E-state index contributed by atoms with van der Waals surface area (Å²) in [7, 11) is 0. The molecule has 9 heteroatoms. The lowest BCUT2D eigenvalue weighted by Gasteiger charge is -2.13. The minimum Gasteiger partial charge on any atom is -0.467 e. The van der Waals surface area contributed by atoms with Gasteiger partial charge in [-0.1, -0.05) is 29.8 Å². The van der Waals surface area contributed by atoms with Crippen LogP contribution in [-0.2, 0) is 24.1 Å². The van der Waals surface area contributed by atoms with Crippen LogP contribution in [0.3, 0.4) is 0 Å². The van der Waals surface area contributed by atoms with Crippen LogP contribution in [0.5, 0.6) is 0 Å². The highest BCUT2D eigenvalue weighted by atomic mass is 19.4. The van der Waals surface area contributed by atoms with Gasteiger partial charge in [-0.25, -0.2) is 4.68 Å². The molecule has 1 N–H and O–H groups in total. The molecule has 0 fully saturated rings. The molecule has 0 bridgehead atoms. The second-order valence-electron chi connectivity index (χ2n) is 7.38. The number of halogens is 3. The van der Waals surface area contributed by atoms with E-state index in [1.54, 1.807) is 54.8 Å². The van der Waals surface area contributed by atoms with E-state index in [4.69, 9.17) is 9.15 Å². The van der Waals surface area contributed by atoms with Gasteiger partial charge in [-0.15, -0.1) is 0 Å². The number of amides is 1. The molecule has 4 rings (SSSR count). The maximum atomic E-state index is 13.9. The van der Waals surface area contributed by atoms with E-state index in [0.717, 1.165) is 22.0 Å². The normalized spacial score (nSPS) is 11.5. The van der Waals surface area contributed by atoms with Crippen molar-refractivity contribution in [2.24, 2.45) is 0 Å². The second kappa shape index (κ2) is 9.33. The molecule has 0 saturated carbocycles. The van der Waals surface area contributed by atoms with Crippen molar-refractivity contribution < 1.29 is 27.1 Å². The lowest BCUT2D eigenvalue weighted by Crippen LogP contribution is -2.20. The van der Waals surface area contributed by atoms with Crippen molar-refractivity contribution in [2.45, 2.75) is 26.3 Å². The highest BCUT2D eigenvalue weighted by Crippen LogP contribution is 2.34. The Bertz CT molecular complexity index is 1230. The van der Waals surface area contributed by atoms with Crippen LogP contribution in [0.2, 0.25) is 0 Å². The predicted octanol–water partition coefficient (Wildman–Crippen LogP) is 5.76. The minimum absolute atomic E-state index is 0.211. The zero-order valence-corrected chi connectivity index (χ0v) is 17.6. The fourth-order valence-electron chi connectivity index (χ4n) is 3.27. The van der Waals surface area contributed by atoms with Crippen LogP contribution >= 0.6 is 0 Å². The SMILES string of the molecule is Cc1ccc(-n2ncc(C(=O)Nc3cccc(COCc4ccco4)c3)c2C(F)(F)F)cc1. The van der Waals surface area contributed by atoms with E-state index in [0.29, 0.717) is 11.4 Å². The van der Waals surface area contributed by atoms with Gasteiger partial charge in [0.1, 0.15) is 12.4 Å². The van der Waals surface area contributed by atoms with Crippen molar-refractivity contribution >= 4 is 11.6 Å². The average Bonchev–Trinajstić information content (AvgIpc) is 3.44. The number of aryl methyl sites for hydroxylation is 1. The van der Waals surface area contributed by atoms with Crippen LogP contribution in [0.4, 0.5) is 18.9 Å². The molecule has 2 aromatic carbocycles. The number of hydrogen-bond acceptors (Lipinski definition) is 4. The lowest BCUT2D eigenvalue weighted by molar-refractivity contribution is -0.143. The van der Waals surface area contributed by atoms with Crippen LogP contribution in [-0.4, -0.2) is 15.7 Å². The maximum absolute atomic E-state index is 13.9. The molecule has 0 radical (unpaired) electrons. The molecule has 0 aliphatic carbocycles. The molecule has 1 amide bonds. The van der Waals surface area contributed by atoms with Gasteiger partial charge in [0, 0.05) is 5.69 Å². The third kappa shape index (κ3) is 5.32. The van der Waals surface area contributed by atoms with Crippen molar-refractivity contribution in [2.75, 3.05) is 5.32 Å². The van der Waals surface area contributed by atoms with Gasteiger partial charge in [-0.2, -0.15) is 18.3 Å². The topological polar surface area (TPSA) is 69.3 Å². The van der Waals surface area contributed by atoms with E-state index in [-0.39, 0.29) is 18.9 Å². The molecule has 0 spiro atoms. The molecular formula is C24H20F3N3O3. The van der Waals surface area contributed by atoms with Crippen molar-refractivity contribution in [3.63, 3.8) is 0 Å². The Morgan fingerprint density at radius 3 is 2.58 bits per heavy atom. The van der Waals surface area contributed by atoms with Gasteiger partial charge in [0.05, 0.1) is 30.3 Å². The summed E-state index contributed by atoms with van der Waals surface area (Å²) in [5.74, 6) is -0.237. The Labute approximate surface area is 187 Å². The van der Waals surface area contributed by atoms with Gasteiger partial charge in [0.2, 0.25) is 0 Å². The zero-order valence-electron chi connectivity index (χ0n) is 17.6. The third-order valence-corrected chi connectivity index (χ3v) is 4.84.